The van der Waals surface area contributed by atoms with E-state index in [1.807, 2.05) is 0 Å². The highest BCUT2D eigenvalue weighted by Crippen LogP contribution is 2.27. The van der Waals surface area contributed by atoms with Crippen molar-refractivity contribution in [3.8, 4) is 0 Å². The third kappa shape index (κ3) is 3.92. The molecule has 106 valence electrons. The minimum Gasteiger partial charge on any atom is -0.396 e. The topological polar surface area (TPSA) is 41.9 Å². The van der Waals surface area contributed by atoms with Crippen LogP contribution in [0.5, 0.6) is 0 Å². The first kappa shape index (κ1) is 14.3. The fraction of sp³-hybridized carbons (Fsp3) is 1.00. The standard InChI is InChI=1S/C14H27NO3/c1-11(2)15-6-3-4-12(9-15)8-14-17-10-13(18-14)5-7-16/h11-14,16H,3-10H2,1-2H3. The van der Waals surface area contributed by atoms with E-state index in [1.54, 1.807) is 0 Å². The molecule has 2 rings (SSSR count). The molecule has 4 heteroatoms. The average Bonchev–Trinajstić information content (AvgIpc) is 2.77. The van der Waals surface area contributed by atoms with E-state index in [1.165, 1.54) is 25.9 Å². The van der Waals surface area contributed by atoms with Gasteiger partial charge in [-0.3, -0.25) is 0 Å². The van der Waals surface area contributed by atoms with E-state index in [2.05, 4.69) is 18.7 Å². The van der Waals surface area contributed by atoms with Gasteiger partial charge in [0.1, 0.15) is 0 Å². The molecule has 2 aliphatic heterocycles. The summed E-state index contributed by atoms with van der Waals surface area (Å²) in [5.41, 5.74) is 0. The van der Waals surface area contributed by atoms with E-state index < -0.39 is 0 Å². The molecule has 0 amide bonds. The highest BCUT2D eigenvalue weighted by Gasteiger charge is 2.30. The first-order chi connectivity index (χ1) is 8.69. The molecule has 0 radical (unpaired) electrons. The van der Waals surface area contributed by atoms with Crippen LogP contribution >= 0.6 is 0 Å². The van der Waals surface area contributed by atoms with Crippen LogP contribution in [0.1, 0.15) is 39.5 Å². The van der Waals surface area contributed by atoms with Gasteiger partial charge in [-0.15, -0.1) is 0 Å². The monoisotopic (exact) mass is 257 g/mol. The van der Waals surface area contributed by atoms with Crippen molar-refractivity contribution >= 4 is 0 Å². The van der Waals surface area contributed by atoms with Gasteiger partial charge in [-0.1, -0.05) is 0 Å². The second-order valence-electron chi connectivity index (χ2n) is 5.87. The van der Waals surface area contributed by atoms with Crippen molar-refractivity contribution in [2.24, 2.45) is 5.92 Å². The molecule has 2 fully saturated rings. The van der Waals surface area contributed by atoms with Crippen LogP contribution in [0.3, 0.4) is 0 Å². The van der Waals surface area contributed by atoms with Gasteiger partial charge in [0.25, 0.3) is 0 Å². The van der Waals surface area contributed by atoms with Crippen LogP contribution < -0.4 is 0 Å². The van der Waals surface area contributed by atoms with Gasteiger partial charge < -0.3 is 19.5 Å². The molecule has 0 aromatic heterocycles. The zero-order valence-electron chi connectivity index (χ0n) is 11.7. The van der Waals surface area contributed by atoms with E-state index in [0.717, 1.165) is 6.42 Å². The molecule has 1 N–H and O–H groups in total. The van der Waals surface area contributed by atoms with Crippen LogP contribution in [0.2, 0.25) is 0 Å². The van der Waals surface area contributed by atoms with E-state index in [0.29, 0.717) is 25.0 Å². The van der Waals surface area contributed by atoms with Crippen molar-refractivity contribution < 1.29 is 14.6 Å². The summed E-state index contributed by atoms with van der Waals surface area (Å²) in [6, 6.07) is 0.639. The van der Waals surface area contributed by atoms with Gasteiger partial charge in [-0.2, -0.15) is 0 Å². The van der Waals surface area contributed by atoms with E-state index in [9.17, 15) is 0 Å². The molecule has 0 aromatic rings. The Hall–Kier alpha value is -0.160. The van der Waals surface area contributed by atoms with Gasteiger partial charge in [0, 0.05) is 25.6 Å². The van der Waals surface area contributed by atoms with E-state index >= 15 is 0 Å². The molecule has 0 spiro atoms. The number of likely N-dealkylation sites (tertiary alicyclic amines) is 1. The number of nitrogens with zero attached hydrogens (tertiary/aromatic N) is 1. The van der Waals surface area contributed by atoms with Crippen LogP contribution in [0.25, 0.3) is 0 Å². The van der Waals surface area contributed by atoms with Crippen molar-refractivity contribution in [2.45, 2.75) is 58.0 Å². The normalized spacial score (nSPS) is 34.3. The summed E-state index contributed by atoms with van der Waals surface area (Å²) in [6.07, 6.45) is 4.33. The maximum Gasteiger partial charge on any atom is 0.158 e. The highest BCUT2D eigenvalue weighted by molar-refractivity contribution is 4.77. The molecular formula is C14H27NO3. The molecule has 18 heavy (non-hydrogen) atoms. The summed E-state index contributed by atoms with van der Waals surface area (Å²) >= 11 is 0. The maximum absolute atomic E-state index is 8.89. The Labute approximate surface area is 110 Å². The number of aliphatic hydroxyl groups is 1. The van der Waals surface area contributed by atoms with Gasteiger partial charge >= 0.3 is 0 Å². The summed E-state index contributed by atoms with van der Waals surface area (Å²) < 4.78 is 11.5. The second kappa shape index (κ2) is 6.85. The number of aliphatic hydroxyl groups excluding tert-OH is 1. The van der Waals surface area contributed by atoms with Gasteiger partial charge in [0.2, 0.25) is 0 Å². The number of hydrogen-bond donors (Lipinski definition) is 1. The summed E-state index contributed by atoms with van der Waals surface area (Å²) in [4.78, 5) is 2.55. The maximum atomic E-state index is 8.89. The third-order valence-electron chi connectivity index (χ3n) is 4.07. The average molecular weight is 257 g/mol. The summed E-state index contributed by atoms with van der Waals surface area (Å²) in [7, 11) is 0. The van der Waals surface area contributed by atoms with Crippen molar-refractivity contribution in [3.63, 3.8) is 0 Å². The SMILES string of the molecule is CC(C)N1CCCC(CC2OCC(CCO)O2)C1. The molecule has 3 atom stereocenters. The lowest BCUT2D eigenvalue weighted by Crippen LogP contribution is -2.40. The van der Waals surface area contributed by atoms with Gasteiger partial charge in [-0.25, -0.2) is 0 Å². The first-order valence-electron chi connectivity index (χ1n) is 7.31. The smallest absolute Gasteiger partial charge is 0.158 e. The molecule has 2 saturated heterocycles. The zero-order chi connectivity index (χ0) is 13.0. The number of hydrogen-bond acceptors (Lipinski definition) is 4. The summed E-state index contributed by atoms with van der Waals surface area (Å²) in [5, 5.41) is 8.89. The zero-order valence-corrected chi connectivity index (χ0v) is 11.7. The number of ether oxygens (including phenoxy) is 2. The van der Waals surface area contributed by atoms with Crippen LogP contribution in [-0.4, -0.2) is 54.7 Å². The number of rotatable bonds is 5. The molecule has 2 heterocycles. The lowest BCUT2D eigenvalue weighted by molar-refractivity contribution is -0.0792. The van der Waals surface area contributed by atoms with Crippen molar-refractivity contribution in [3.05, 3.63) is 0 Å². The van der Waals surface area contributed by atoms with E-state index in [4.69, 9.17) is 14.6 Å². The molecule has 0 aliphatic carbocycles. The lowest BCUT2D eigenvalue weighted by Gasteiger charge is -2.36. The quantitative estimate of drug-likeness (QED) is 0.812. The van der Waals surface area contributed by atoms with E-state index in [-0.39, 0.29) is 19.0 Å². The Morgan fingerprint density at radius 1 is 1.39 bits per heavy atom. The Balaban J connectivity index is 1.73. The first-order valence-corrected chi connectivity index (χ1v) is 7.31. The highest BCUT2D eigenvalue weighted by atomic mass is 16.7. The molecule has 4 nitrogen and oxygen atoms in total. The minimum absolute atomic E-state index is 0.0429. The molecule has 0 bridgehead atoms. The Kier molecular flexibility index (Phi) is 5.42. The fourth-order valence-corrected chi connectivity index (χ4v) is 2.96. The summed E-state index contributed by atoms with van der Waals surface area (Å²) in [6.45, 7) is 7.76. The Morgan fingerprint density at radius 3 is 2.94 bits per heavy atom. The third-order valence-corrected chi connectivity index (χ3v) is 4.07. The largest absolute Gasteiger partial charge is 0.396 e. The number of piperidine rings is 1. The van der Waals surface area contributed by atoms with Gasteiger partial charge in [0.05, 0.1) is 12.7 Å². The van der Waals surface area contributed by atoms with Crippen LogP contribution in [-0.2, 0) is 9.47 Å². The predicted molar refractivity (Wildman–Crippen MR) is 70.4 cm³/mol. The lowest BCUT2D eigenvalue weighted by atomic mass is 9.94. The Morgan fingerprint density at radius 2 is 2.22 bits per heavy atom. The van der Waals surface area contributed by atoms with Crippen LogP contribution in [0.4, 0.5) is 0 Å². The minimum atomic E-state index is -0.0429. The van der Waals surface area contributed by atoms with Crippen molar-refractivity contribution in [1.82, 2.24) is 4.90 Å². The molecular weight excluding hydrogens is 230 g/mol. The van der Waals surface area contributed by atoms with Gasteiger partial charge in [-0.05, 0) is 45.6 Å². The van der Waals surface area contributed by atoms with Crippen LogP contribution in [0.15, 0.2) is 0 Å². The second-order valence-corrected chi connectivity index (χ2v) is 5.87. The summed E-state index contributed by atoms with van der Waals surface area (Å²) in [5.74, 6) is 0.694. The molecule has 0 aromatic carbocycles. The predicted octanol–water partition coefficient (Wildman–Crippen LogP) is 1.62. The fourth-order valence-electron chi connectivity index (χ4n) is 2.96. The van der Waals surface area contributed by atoms with Crippen LogP contribution in [0, 0.1) is 5.92 Å². The molecule has 3 unspecified atom stereocenters. The Bertz CT molecular complexity index is 247. The van der Waals surface area contributed by atoms with Crippen molar-refractivity contribution in [1.29, 1.82) is 0 Å². The molecule has 0 saturated carbocycles. The van der Waals surface area contributed by atoms with Crippen molar-refractivity contribution in [2.75, 3.05) is 26.3 Å². The molecule has 2 aliphatic rings. The van der Waals surface area contributed by atoms with Gasteiger partial charge in [0.15, 0.2) is 6.29 Å².